The van der Waals surface area contributed by atoms with Gasteiger partial charge in [-0.25, -0.2) is 0 Å². The lowest BCUT2D eigenvalue weighted by atomic mass is 9.95. The van der Waals surface area contributed by atoms with E-state index >= 15 is 0 Å². The second-order valence-electron chi connectivity index (χ2n) is 8.39. The number of fused-ring (bicyclic) bond motifs is 1. The fraction of sp³-hybridized carbons (Fsp3) is 0.214. The van der Waals surface area contributed by atoms with E-state index in [-0.39, 0.29) is 11.5 Å². The van der Waals surface area contributed by atoms with Gasteiger partial charge in [0.1, 0.15) is 0 Å². The van der Waals surface area contributed by atoms with Gasteiger partial charge < -0.3 is 4.57 Å². The summed E-state index contributed by atoms with van der Waals surface area (Å²) in [4.78, 5) is 19.1. The van der Waals surface area contributed by atoms with Gasteiger partial charge in [-0.05, 0) is 46.4 Å². The molecule has 0 saturated carbocycles. The highest BCUT2D eigenvalue weighted by Crippen LogP contribution is 2.34. The van der Waals surface area contributed by atoms with Crippen LogP contribution < -0.4 is 5.43 Å². The maximum Gasteiger partial charge on any atom is 0.181 e. The van der Waals surface area contributed by atoms with Gasteiger partial charge in [0, 0.05) is 56.1 Å². The maximum absolute atomic E-state index is 12.3. The van der Waals surface area contributed by atoms with E-state index in [1.165, 1.54) is 16.7 Å². The summed E-state index contributed by atoms with van der Waals surface area (Å²) in [6, 6.07) is 25.0. The van der Waals surface area contributed by atoms with E-state index in [2.05, 4.69) is 76.0 Å². The summed E-state index contributed by atoms with van der Waals surface area (Å²) >= 11 is 0. The number of hydrogen-bond donors (Lipinski definition) is 0. The van der Waals surface area contributed by atoms with Crippen LogP contribution in [0.1, 0.15) is 35.3 Å². The van der Waals surface area contributed by atoms with Crippen molar-refractivity contribution in [3.63, 3.8) is 0 Å². The monoisotopic (exact) mass is 421 g/mol. The minimum atomic E-state index is 0.0140. The van der Waals surface area contributed by atoms with Gasteiger partial charge >= 0.3 is 0 Å². The van der Waals surface area contributed by atoms with Crippen LogP contribution in [0.3, 0.4) is 0 Å². The summed E-state index contributed by atoms with van der Waals surface area (Å²) in [5.41, 5.74) is 7.18. The second kappa shape index (κ2) is 8.93. The van der Waals surface area contributed by atoms with Gasteiger partial charge in [-0.3, -0.25) is 14.7 Å². The average Bonchev–Trinajstić information content (AvgIpc) is 2.85. The highest BCUT2D eigenvalue weighted by atomic mass is 16.1. The first-order valence-electron chi connectivity index (χ1n) is 11.2. The molecule has 0 N–H and O–H groups in total. The normalized spacial score (nSPS) is 16.0. The summed E-state index contributed by atoms with van der Waals surface area (Å²) in [5.74, 6) is 0. The lowest BCUT2D eigenvalue weighted by Crippen LogP contribution is -2.39. The Morgan fingerprint density at radius 3 is 2.50 bits per heavy atom. The van der Waals surface area contributed by atoms with Crippen LogP contribution in [0.4, 0.5) is 0 Å². The third-order valence-electron chi connectivity index (χ3n) is 6.33. The molecule has 0 amide bonds. The lowest BCUT2D eigenvalue weighted by molar-refractivity contribution is 0.173. The summed E-state index contributed by atoms with van der Waals surface area (Å²) in [7, 11) is 0. The molecule has 0 fully saturated rings. The van der Waals surface area contributed by atoms with Crippen molar-refractivity contribution in [2.45, 2.75) is 32.5 Å². The van der Waals surface area contributed by atoms with E-state index in [4.69, 9.17) is 0 Å². The van der Waals surface area contributed by atoms with Crippen LogP contribution in [0.25, 0.3) is 11.1 Å². The Morgan fingerprint density at radius 1 is 0.906 bits per heavy atom. The van der Waals surface area contributed by atoms with Crippen molar-refractivity contribution in [1.29, 1.82) is 0 Å². The molecule has 1 atom stereocenters. The van der Waals surface area contributed by atoms with Crippen LogP contribution in [0.2, 0.25) is 0 Å². The van der Waals surface area contributed by atoms with Crippen molar-refractivity contribution in [2.75, 3.05) is 6.54 Å². The Labute approximate surface area is 188 Å². The molecule has 160 valence electrons. The topological polar surface area (TPSA) is 38.1 Å². The highest BCUT2D eigenvalue weighted by molar-refractivity contribution is 5.63. The van der Waals surface area contributed by atoms with Crippen molar-refractivity contribution in [1.82, 2.24) is 14.5 Å². The van der Waals surface area contributed by atoms with Gasteiger partial charge in [0.2, 0.25) is 0 Å². The van der Waals surface area contributed by atoms with E-state index in [0.29, 0.717) is 0 Å². The van der Waals surface area contributed by atoms with E-state index < -0.39 is 0 Å². The molecule has 0 radical (unpaired) electrons. The zero-order chi connectivity index (χ0) is 21.9. The molecule has 1 aliphatic heterocycles. The molecule has 4 heteroatoms. The Hall–Kier alpha value is -3.50. The van der Waals surface area contributed by atoms with Crippen LogP contribution in [0.15, 0.2) is 96.2 Å². The predicted octanol–water partition coefficient (Wildman–Crippen LogP) is 5.08. The van der Waals surface area contributed by atoms with Gasteiger partial charge in [-0.1, -0.05) is 55.5 Å². The number of aromatic nitrogens is 2. The first kappa shape index (κ1) is 20.4. The molecule has 0 aliphatic carbocycles. The molecule has 4 nitrogen and oxygen atoms in total. The van der Waals surface area contributed by atoms with E-state index in [9.17, 15) is 4.79 Å². The highest BCUT2D eigenvalue weighted by Gasteiger charge is 2.29. The van der Waals surface area contributed by atoms with Crippen LogP contribution >= 0.6 is 0 Å². The Kier molecular flexibility index (Phi) is 5.70. The molecule has 2 aromatic carbocycles. The zero-order valence-electron chi connectivity index (χ0n) is 18.3. The fourth-order valence-electron chi connectivity index (χ4n) is 4.61. The van der Waals surface area contributed by atoms with Gasteiger partial charge in [-0.2, -0.15) is 0 Å². The second-order valence-corrected chi connectivity index (χ2v) is 8.39. The summed E-state index contributed by atoms with van der Waals surface area (Å²) in [6.07, 6.45) is 6.67. The number of nitrogens with zero attached hydrogens (tertiary/aromatic N) is 3. The molecule has 3 heterocycles. The third kappa shape index (κ3) is 4.14. The van der Waals surface area contributed by atoms with Crippen molar-refractivity contribution in [3.8, 4) is 11.1 Å². The molecular formula is C28H27N3O. The van der Waals surface area contributed by atoms with E-state index in [1.54, 1.807) is 18.3 Å². The Morgan fingerprint density at radius 2 is 1.72 bits per heavy atom. The van der Waals surface area contributed by atoms with Crippen molar-refractivity contribution in [2.24, 2.45) is 0 Å². The smallest absolute Gasteiger partial charge is 0.181 e. The summed E-state index contributed by atoms with van der Waals surface area (Å²) in [6.45, 7) is 4.82. The third-order valence-corrected chi connectivity index (χ3v) is 6.33. The molecule has 5 rings (SSSR count). The predicted molar refractivity (Wildman–Crippen MR) is 128 cm³/mol. The minimum absolute atomic E-state index is 0.0140. The van der Waals surface area contributed by atoms with E-state index in [0.717, 1.165) is 42.9 Å². The number of aryl methyl sites for hydroxylation is 1. The lowest BCUT2D eigenvalue weighted by Gasteiger charge is -2.38. The molecule has 0 saturated heterocycles. The summed E-state index contributed by atoms with van der Waals surface area (Å²) in [5, 5.41) is 0. The molecule has 2 aromatic heterocycles. The molecule has 0 bridgehead atoms. The Balaban J connectivity index is 1.56. The first-order valence-corrected chi connectivity index (χ1v) is 11.2. The van der Waals surface area contributed by atoms with Gasteiger partial charge in [0.15, 0.2) is 5.43 Å². The van der Waals surface area contributed by atoms with Gasteiger partial charge in [-0.15, -0.1) is 0 Å². The molecular weight excluding hydrogens is 394 g/mol. The Bertz CT molecular complexity index is 1260. The number of pyridine rings is 2. The number of benzene rings is 2. The first-order chi connectivity index (χ1) is 15.7. The average molecular weight is 422 g/mol. The molecule has 1 aliphatic rings. The minimum Gasteiger partial charge on any atom is -0.348 e. The zero-order valence-corrected chi connectivity index (χ0v) is 18.3. The van der Waals surface area contributed by atoms with Gasteiger partial charge in [0.25, 0.3) is 0 Å². The quantitative estimate of drug-likeness (QED) is 0.451. The van der Waals surface area contributed by atoms with Crippen LogP contribution in [-0.2, 0) is 19.5 Å². The SMILES string of the molecule is CCc1ccc(CN2CCn3ccc(=O)cc3C2c2cccc(-c3cccnc3)c2)cc1. The fourth-order valence-corrected chi connectivity index (χ4v) is 4.61. The van der Waals surface area contributed by atoms with Crippen molar-refractivity contribution < 1.29 is 0 Å². The number of hydrogen-bond acceptors (Lipinski definition) is 3. The van der Waals surface area contributed by atoms with Crippen LogP contribution in [-0.4, -0.2) is 21.0 Å². The molecule has 4 aromatic rings. The van der Waals surface area contributed by atoms with Gasteiger partial charge in [0.05, 0.1) is 6.04 Å². The number of rotatable bonds is 5. The largest absolute Gasteiger partial charge is 0.348 e. The van der Waals surface area contributed by atoms with Crippen molar-refractivity contribution in [3.05, 3.63) is 124 Å². The van der Waals surface area contributed by atoms with Crippen molar-refractivity contribution >= 4 is 0 Å². The molecule has 32 heavy (non-hydrogen) atoms. The maximum atomic E-state index is 12.3. The molecule has 1 unspecified atom stereocenters. The molecule has 0 spiro atoms. The van der Waals surface area contributed by atoms with Crippen LogP contribution in [0.5, 0.6) is 0 Å². The standard InChI is InChI=1S/C28H27N3O/c1-2-21-8-10-22(11-9-21)20-31-16-15-30-14-12-26(32)18-27(30)28(31)24-6-3-5-23(17-24)25-7-4-13-29-19-25/h3-14,17-19,28H,2,15-16,20H2,1H3. The van der Waals surface area contributed by atoms with E-state index in [1.807, 2.05) is 18.5 Å². The summed E-state index contributed by atoms with van der Waals surface area (Å²) < 4.78 is 2.22. The van der Waals surface area contributed by atoms with Crippen LogP contribution in [0, 0.1) is 0 Å².